The van der Waals surface area contributed by atoms with Gasteiger partial charge in [0.25, 0.3) is 0 Å². The van der Waals surface area contributed by atoms with Gasteiger partial charge in [0.2, 0.25) is 0 Å². The van der Waals surface area contributed by atoms with Gasteiger partial charge in [-0.05, 0) is 60.1 Å². The van der Waals surface area contributed by atoms with E-state index in [1.807, 2.05) is 42.2 Å². The fourth-order valence-corrected chi connectivity index (χ4v) is 5.20. The van der Waals surface area contributed by atoms with Gasteiger partial charge < -0.3 is 9.84 Å². The monoisotopic (exact) mass is 475 g/mol. The fourth-order valence-electron chi connectivity index (χ4n) is 5.20. The summed E-state index contributed by atoms with van der Waals surface area (Å²) in [6.07, 6.45) is 7.57. The molecule has 2 atom stereocenters. The number of hydrogen-bond donors (Lipinski definition) is 1. The van der Waals surface area contributed by atoms with Crippen molar-refractivity contribution in [1.82, 2.24) is 14.8 Å². The van der Waals surface area contributed by atoms with Gasteiger partial charge in [-0.25, -0.2) is 4.39 Å². The first-order valence-corrected chi connectivity index (χ1v) is 12.2. The van der Waals surface area contributed by atoms with Crippen molar-refractivity contribution in [3.8, 4) is 22.4 Å². The number of hydrogen-bond acceptors (Lipinski definition) is 5. The number of ether oxygens (including phenoxy) is 1. The SMILES string of the molecule is CC(C)c1nc2c(c(-c3ccc(F)cc3)c1/C=C/[C@@H]1C[C@@H](O)CC(=O)O1)CCCc1c-2cnn1C. The molecule has 5 rings (SSSR count). The molecule has 1 aliphatic heterocycles. The first-order chi connectivity index (χ1) is 16.8. The number of esters is 1. The molecule has 2 aliphatic rings. The lowest BCUT2D eigenvalue weighted by atomic mass is 9.86. The van der Waals surface area contributed by atoms with Gasteiger partial charge in [0.1, 0.15) is 11.9 Å². The van der Waals surface area contributed by atoms with Crippen molar-refractivity contribution < 1.29 is 19.0 Å². The minimum Gasteiger partial charge on any atom is -0.458 e. The maximum Gasteiger partial charge on any atom is 0.309 e. The lowest BCUT2D eigenvalue weighted by molar-refractivity contribution is -0.156. The Morgan fingerprint density at radius 3 is 2.71 bits per heavy atom. The zero-order chi connectivity index (χ0) is 24.7. The predicted molar refractivity (Wildman–Crippen MR) is 132 cm³/mol. The summed E-state index contributed by atoms with van der Waals surface area (Å²) in [5.41, 5.74) is 8.06. The number of carbonyl (C=O) groups excluding carboxylic acids is 1. The summed E-state index contributed by atoms with van der Waals surface area (Å²) in [6.45, 7) is 4.21. The van der Waals surface area contributed by atoms with Crippen LogP contribution < -0.4 is 0 Å². The van der Waals surface area contributed by atoms with Crippen LogP contribution in [0.1, 0.15) is 61.5 Å². The summed E-state index contributed by atoms with van der Waals surface area (Å²) in [5, 5.41) is 14.5. The maximum atomic E-state index is 13.9. The van der Waals surface area contributed by atoms with E-state index in [1.165, 1.54) is 17.8 Å². The number of aromatic nitrogens is 3. The molecule has 0 amide bonds. The number of fused-ring (bicyclic) bond motifs is 3. The van der Waals surface area contributed by atoms with E-state index in [0.29, 0.717) is 6.42 Å². The number of aliphatic hydroxyl groups is 1. The summed E-state index contributed by atoms with van der Waals surface area (Å²) < 4.78 is 21.3. The number of cyclic esters (lactones) is 1. The number of pyridine rings is 1. The smallest absolute Gasteiger partial charge is 0.309 e. The molecule has 1 saturated heterocycles. The van der Waals surface area contributed by atoms with Crippen LogP contribution >= 0.6 is 0 Å². The standard InChI is InChI=1S/C28H30FN3O3/c1-16(2)27-22(12-11-20-13-19(33)14-25(34)35-20)26(17-7-9-18(29)10-8-17)21-5-4-6-24-23(28(21)31-27)15-30-32(24)3/h7-12,15-16,19-20,33H,4-6,13-14H2,1-3H3/b12-11+/t19-,20-/m1/s1. The number of rotatable bonds is 4. The van der Waals surface area contributed by atoms with Gasteiger partial charge in [-0.1, -0.05) is 32.1 Å². The fraction of sp³-hybridized carbons (Fsp3) is 0.393. The van der Waals surface area contributed by atoms with Crippen LogP contribution in [0.3, 0.4) is 0 Å². The number of aliphatic hydroxyl groups excluding tert-OH is 1. The van der Waals surface area contributed by atoms with E-state index in [4.69, 9.17) is 9.72 Å². The highest BCUT2D eigenvalue weighted by Gasteiger charge is 2.28. The molecule has 0 unspecified atom stereocenters. The summed E-state index contributed by atoms with van der Waals surface area (Å²) in [7, 11) is 1.96. The van der Waals surface area contributed by atoms with E-state index in [-0.39, 0.29) is 18.2 Å². The van der Waals surface area contributed by atoms with Crippen LogP contribution in [0, 0.1) is 5.82 Å². The quantitative estimate of drug-likeness (QED) is 0.539. The van der Waals surface area contributed by atoms with Crippen LogP contribution in [0.5, 0.6) is 0 Å². The van der Waals surface area contributed by atoms with Crippen molar-refractivity contribution in [3.05, 3.63) is 64.9 Å². The van der Waals surface area contributed by atoms with Crippen molar-refractivity contribution in [1.29, 1.82) is 0 Å². The normalized spacial score (nSPS) is 20.0. The average molecular weight is 476 g/mol. The Morgan fingerprint density at radius 1 is 1.23 bits per heavy atom. The molecule has 0 bridgehead atoms. The zero-order valence-electron chi connectivity index (χ0n) is 20.3. The number of halogens is 1. The molecule has 1 N–H and O–H groups in total. The number of carbonyl (C=O) groups is 1. The Balaban J connectivity index is 1.74. The summed E-state index contributed by atoms with van der Waals surface area (Å²) in [6, 6.07) is 6.59. The van der Waals surface area contributed by atoms with Crippen LogP contribution in [0.2, 0.25) is 0 Å². The van der Waals surface area contributed by atoms with Crippen LogP contribution in [0.25, 0.3) is 28.5 Å². The molecule has 1 aromatic carbocycles. The topological polar surface area (TPSA) is 77.2 Å². The van der Waals surface area contributed by atoms with E-state index < -0.39 is 18.2 Å². The van der Waals surface area contributed by atoms with Crippen LogP contribution in [0.4, 0.5) is 4.39 Å². The lowest BCUT2D eigenvalue weighted by Gasteiger charge is -2.24. The number of benzene rings is 1. The molecule has 7 heteroatoms. The highest BCUT2D eigenvalue weighted by Crippen LogP contribution is 2.42. The maximum absolute atomic E-state index is 13.9. The second-order valence-electron chi connectivity index (χ2n) is 9.74. The van der Waals surface area contributed by atoms with Gasteiger partial charge >= 0.3 is 5.97 Å². The zero-order valence-corrected chi connectivity index (χ0v) is 20.3. The van der Waals surface area contributed by atoms with Gasteiger partial charge in [0.15, 0.2) is 0 Å². The molecule has 0 spiro atoms. The van der Waals surface area contributed by atoms with Crippen molar-refractivity contribution >= 4 is 12.0 Å². The molecular weight excluding hydrogens is 445 g/mol. The Kier molecular flexibility index (Phi) is 6.28. The summed E-state index contributed by atoms with van der Waals surface area (Å²) in [4.78, 5) is 17.1. The Hall–Kier alpha value is -3.32. The van der Waals surface area contributed by atoms with Gasteiger partial charge in [-0.2, -0.15) is 5.10 Å². The number of nitrogens with zero attached hydrogens (tertiary/aromatic N) is 3. The molecule has 3 heterocycles. The Bertz CT molecular complexity index is 1290. The first kappa shape index (κ1) is 23.4. The largest absolute Gasteiger partial charge is 0.458 e. The lowest BCUT2D eigenvalue weighted by Crippen LogP contribution is -2.31. The molecule has 6 nitrogen and oxygen atoms in total. The summed E-state index contributed by atoms with van der Waals surface area (Å²) in [5.74, 6) is -0.569. The van der Waals surface area contributed by atoms with Crippen molar-refractivity contribution in [2.24, 2.45) is 7.05 Å². The highest BCUT2D eigenvalue weighted by atomic mass is 19.1. The van der Waals surface area contributed by atoms with Gasteiger partial charge in [-0.3, -0.25) is 14.5 Å². The Labute approximate surface area is 204 Å². The predicted octanol–water partition coefficient (Wildman–Crippen LogP) is 4.98. The van der Waals surface area contributed by atoms with E-state index in [9.17, 15) is 14.3 Å². The minimum atomic E-state index is -0.707. The Morgan fingerprint density at radius 2 is 2.00 bits per heavy atom. The average Bonchev–Trinajstić information content (AvgIpc) is 3.06. The molecular formula is C28H30FN3O3. The molecule has 1 aliphatic carbocycles. The van der Waals surface area contributed by atoms with Crippen molar-refractivity contribution in [3.63, 3.8) is 0 Å². The van der Waals surface area contributed by atoms with Crippen LogP contribution in [-0.2, 0) is 29.4 Å². The molecule has 0 saturated carbocycles. The van der Waals surface area contributed by atoms with Crippen LogP contribution in [-0.4, -0.2) is 38.0 Å². The molecule has 2 aromatic heterocycles. The van der Waals surface area contributed by atoms with E-state index in [1.54, 1.807) is 0 Å². The van der Waals surface area contributed by atoms with E-state index >= 15 is 0 Å². The third-order valence-electron chi connectivity index (χ3n) is 6.87. The summed E-state index contributed by atoms with van der Waals surface area (Å²) >= 11 is 0. The number of aryl methyl sites for hydroxylation is 1. The van der Waals surface area contributed by atoms with Gasteiger partial charge in [0, 0.05) is 30.3 Å². The van der Waals surface area contributed by atoms with Gasteiger partial charge in [0.05, 0.1) is 30.1 Å². The van der Waals surface area contributed by atoms with Crippen LogP contribution in [0.15, 0.2) is 36.5 Å². The third-order valence-corrected chi connectivity index (χ3v) is 6.87. The highest BCUT2D eigenvalue weighted by molar-refractivity contribution is 5.85. The van der Waals surface area contributed by atoms with Crippen molar-refractivity contribution in [2.75, 3.05) is 0 Å². The minimum absolute atomic E-state index is 0.0241. The molecule has 3 aromatic rings. The first-order valence-electron chi connectivity index (χ1n) is 12.2. The molecule has 0 radical (unpaired) electrons. The molecule has 1 fully saturated rings. The third kappa shape index (κ3) is 4.52. The van der Waals surface area contributed by atoms with E-state index in [2.05, 4.69) is 18.9 Å². The second kappa shape index (κ2) is 9.38. The van der Waals surface area contributed by atoms with Crippen molar-refractivity contribution in [2.45, 2.75) is 64.1 Å². The van der Waals surface area contributed by atoms with E-state index in [0.717, 1.165) is 58.5 Å². The molecule has 35 heavy (non-hydrogen) atoms. The second-order valence-corrected chi connectivity index (χ2v) is 9.74. The van der Waals surface area contributed by atoms with Gasteiger partial charge in [-0.15, -0.1) is 0 Å². The molecule has 182 valence electrons.